The second-order valence-electron chi connectivity index (χ2n) is 4.36. The van der Waals surface area contributed by atoms with Crippen molar-refractivity contribution < 1.29 is 13.6 Å². The number of nitrogens with zero attached hydrogens (tertiary/aromatic N) is 1. The van der Waals surface area contributed by atoms with Crippen LogP contribution in [0.5, 0.6) is 0 Å². The van der Waals surface area contributed by atoms with E-state index >= 15 is 0 Å². The van der Waals surface area contributed by atoms with E-state index in [0.717, 1.165) is 12.1 Å². The molecule has 0 radical (unpaired) electrons. The summed E-state index contributed by atoms with van der Waals surface area (Å²) in [6.45, 7) is 8.81. The van der Waals surface area contributed by atoms with E-state index in [-0.39, 0.29) is 6.04 Å². The fourth-order valence-corrected chi connectivity index (χ4v) is 3.45. The van der Waals surface area contributed by atoms with Gasteiger partial charge in [0.25, 0.3) is 0 Å². The van der Waals surface area contributed by atoms with Crippen LogP contribution in [0.2, 0.25) is 0 Å². The summed E-state index contributed by atoms with van der Waals surface area (Å²) in [6.07, 6.45) is 1.40. The van der Waals surface area contributed by atoms with Gasteiger partial charge in [0.05, 0.1) is 25.4 Å². The lowest BCUT2D eigenvalue weighted by atomic mass is 10.1. The van der Waals surface area contributed by atoms with Gasteiger partial charge in [-0.3, -0.25) is 9.56 Å². The van der Waals surface area contributed by atoms with E-state index in [4.69, 9.17) is 9.05 Å². The third-order valence-electron chi connectivity index (χ3n) is 2.30. The minimum atomic E-state index is -2.91. The molecule has 0 aliphatic carbocycles. The first-order valence-electron chi connectivity index (χ1n) is 5.95. The fraction of sp³-hybridized carbons (Fsp3) is 0.909. The Labute approximate surface area is 98.0 Å². The molecule has 1 rings (SSSR count). The molecule has 0 aromatic heterocycles. The average Bonchev–Trinajstić information content (AvgIpc) is 2.82. The second kappa shape index (κ2) is 5.95. The Balaban J connectivity index is 2.38. The summed E-state index contributed by atoms with van der Waals surface area (Å²) in [6, 6.07) is 0.103. The zero-order chi connectivity index (χ0) is 12.2. The van der Waals surface area contributed by atoms with Crippen LogP contribution in [0.25, 0.3) is 0 Å². The van der Waals surface area contributed by atoms with Crippen molar-refractivity contribution in [2.45, 2.75) is 40.2 Å². The van der Waals surface area contributed by atoms with Crippen LogP contribution in [-0.2, 0) is 13.6 Å². The van der Waals surface area contributed by atoms with Gasteiger partial charge in [-0.2, -0.15) is 0 Å². The quantitative estimate of drug-likeness (QED) is 0.619. The van der Waals surface area contributed by atoms with E-state index in [1.807, 2.05) is 13.8 Å². The van der Waals surface area contributed by atoms with Gasteiger partial charge in [0.1, 0.15) is 0 Å². The van der Waals surface area contributed by atoms with Gasteiger partial charge in [0, 0.05) is 5.71 Å². The summed E-state index contributed by atoms with van der Waals surface area (Å²) in [5.41, 5.74) is 1.16. The van der Waals surface area contributed by atoms with Crippen LogP contribution in [0.4, 0.5) is 0 Å². The molecule has 0 fully saturated rings. The zero-order valence-corrected chi connectivity index (χ0v) is 11.5. The van der Waals surface area contributed by atoms with Crippen molar-refractivity contribution in [1.29, 1.82) is 0 Å². The van der Waals surface area contributed by atoms with Gasteiger partial charge in [-0.05, 0) is 26.2 Å². The van der Waals surface area contributed by atoms with E-state index in [2.05, 4.69) is 18.8 Å². The molecule has 0 saturated carbocycles. The first-order valence-corrected chi connectivity index (χ1v) is 7.68. The van der Waals surface area contributed by atoms with Crippen molar-refractivity contribution in [2.75, 3.05) is 19.4 Å². The van der Waals surface area contributed by atoms with Crippen LogP contribution in [0.15, 0.2) is 4.99 Å². The number of aliphatic imine (C=N–C) groups is 1. The van der Waals surface area contributed by atoms with Crippen molar-refractivity contribution in [3.8, 4) is 0 Å². The average molecular weight is 247 g/mol. The van der Waals surface area contributed by atoms with Gasteiger partial charge in [0.2, 0.25) is 0 Å². The molecule has 1 aliphatic heterocycles. The summed E-state index contributed by atoms with van der Waals surface area (Å²) in [5, 5.41) is 0. The van der Waals surface area contributed by atoms with Gasteiger partial charge in [-0.1, -0.05) is 13.8 Å². The molecule has 1 heterocycles. The molecule has 5 heteroatoms. The lowest BCUT2D eigenvalue weighted by Gasteiger charge is -2.16. The molecule has 0 bridgehead atoms. The van der Waals surface area contributed by atoms with E-state index in [9.17, 15) is 4.57 Å². The highest BCUT2D eigenvalue weighted by atomic mass is 31.2. The minimum Gasteiger partial charge on any atom is -0.309 e. The Kier molecular flexibility index (Phi) is 5.16. The zero-order valence-electron chi connectivity index (χ0n) is 10.6. The predicted octanol–water partition coefficient (Wildman–Crippen LogP) is 3.12. The lowest BCUT2D eigenvalue weighted by Crippen LogP contribution is -2.10. The molecule has 4 nitrogen and oxygen atoms in total. The molecule has 0 N–H and O–H groups in total. The first-order chi connectivity index (χ1) is 7.50. The maximum absolute atomic E-state index is 12.2. The van der Waals surface area contributed by atoms with Gasteiger partial charge < -0.3 is 9.05 Å². The third kappa shape index (κ3) is 4.36. The molecule has 0 aromatic carbocycles. The number of rotatable bonds is 8. The highest BCUT2D eigenvalue weighted by Crippen LogP contribution is 2.50. The predicted molar refractivity (Wildman–Crippen MR) is 66.4 cm³/mol. The van der Waals surface area contributed by atoms with Crippen molar-refractivity contribution >= 4 is 13.3 Å². The Hall–Kier alpha value is -0.180. The third-order valence-corrected chi connectivity index (χ3v) is 4.40. The van der Waals surface area contributed by atoms with Crippen LogP contribution in [-0.4, -0.2) is 31.1 Å². The normalized spacial score (nSPS) is 20.1. The van der Waals surface area contributed by atoms with Crippen LogP contribution in [0.1, 0.15) is 34.1 Å². The SMILES string of the molecule is CCOP(=O)(CC1N=C1CC(C)C)OCC. The van der Waals surface area contributed by atoms with E-state index in [1.165, 1.54) is 0 Å². The molecule has 1 aliphatic rings. The molecule has 1 atom stereocenters. The Bertz CT molecular complexity index is 292. The number of hydrogen-bond donors (Lipinski definition) is 0. The molecular formula is C11H22NO3P. The van der Waals surface area contributed by atoms with Crippen molar-refractivity contribution in [3.63, 3.8) is 0 Å². The van der Waals surface area contributed by atoms with Crippen molar-refractivity contribution in [2.24, 2.45) is 10.9 Å². The summed E-state index contributed by atoms with van der Waals surface area (Å²) >= 11 is 0. The second-order valence-corrected chi connectivity index (χ2v) is 6.47. The minimum absolute atomic E-state index is 0.103. The maximum atomic E-state index is 12.2. The summed E-state index contributed by atoms with van der Waals surface area (Å²) in [5.74, 6) is 0.599. The maximum Gasteiger partial charge on any atom is 0.333 e. The smallest absolute Gasteiger partial charge is 0.309 e. The Morgan fingerprint density at radius 3 is 2.31 bits per heavy atom. The van der Waals surface area contributed by atoms with Crippen LogP contribution in [0, 0.1) is 5.92 Å². The molecule has 16 heavy (non-hydrogen) atoms. The molecule has 94 valence electrons. The van der Waals surface area contributed by atoms with Crippen LogP contribution in [0.3, 0.4) is 0 Å². The van der Waals surface area contributed by atoms with E-state index in [0.29, 0.717) is 25.3 Å². The standard InChI is InChI=1S/C11H22NO3P/c1-5-14-16(13,15-6-2)8-11-10(12-11)7-9(3)4/h9,11H,5-8H2,1-4H3. The summed E-state index contributed by atoms with van der Waals surface area (Å²) in [7, 11) is -2.91. The Morgan fingerprint density at radius 1 is 1.31 bits per heavy atom. The van der Waals surface area contributed by atoms with Gasteiger partial charge in [-0.25, -0.2) is 0 Å². The van der Waals surface area contributed by atoms with E-state index in [1.54, 1.807) is 0 Å². The molecule has 0 aromatic rings. The molecular weight excluding hydrogens is 225 g/mol. The number of hydrogen-bond acceptors (Lipinski definition) is 4. The monoisotopic (exact) mass is 247 g/mol. The van der Waals surface area contributed by atoms with Crippen molar-refractivity contribution in [1.82, 2.24) is 0 Å². The van der Waals surface area contributed by atoms with Gasteiger partial charge in [-0.15, -0.1) is 0 Å². The molecule has 0 spiro atoms. The van der Waals surface area contributed by atoms with Gasteiger partial charge >= 0.3 is 7.60 Å². The lowest BCUT2D eigenvalue weighted by molar-refractivity contribution is 0.220. The highest BCUT2D eigenvalue weighted by Gasteiger charge is 2.37. The highest BCUT2D eigenvalue weighted by molar-refractivity contribution is 7.54. The molecule has 0 amide bonds. The van der Waals surface area contributed by atoms with E-state index < -0.39 is 7.60 Å². The Morgan fingerprint density at radius 2 is 1.88 bits per heavy atom. The van der Waals surface area contributed by atoms with Gasteiger partial charge in [0.15, 0.2) is 0 Å². The topological polar surface area (TPSA) is 47.9 Å². The summed E-state index contributed by atoms with van der Waals surface area (Å²) in [4.78, 5) is 4.33. The molecule has 1 unspecified atom stereocenters. The van der Waals surface area contributed by atoms with Crippen LogP contribution >= 0.6 is 7.60 Å². The molecule has 0 saturated heterocycles. The fourth-order valence-electron chi connectivity index (χ4n) is 1.66. The first kappa shape index (κ1) is 13.9. The van der Waals surface area contributed by atoms with Crippen molar-refractivity contribution in [3.05, 3.63) is 0 Å². The largest absolute Gasteiger partial charge is 0.333 e. The summed E-state index contributed by atoms with van der Waals surface area (Å²) < 4.78 is 22.6. The van der Waals surface area contributed by atoms with Crippen LogP contribution < -0.4 is 0 Å².